The molecule has 2 bridgehead atoms. The number of rotatable bonds is 6. The van der Waals surface area contributed by atoms with Gasteiger partial charge < -0.3 is 14.2 Å². The second-order valence-electron chi connectivity index (χ2n) is 11.3. The molecule has 9 nitrogen and oxygen atoms in total. The van der Waals surface area contributed by atoms with Crippen LogP contribution >= 0.6 is 0 Å². The van der Waals surface area contributed by atoms with Gasteiger partial charge in [0.25, 0.3) is 0 Å². The molecule has 2 aromatic carbocycles. The molecule has 2 aliphatic carbocycles. The van der Waals surface area contributed by atoms with Crippen molar-refractivity contribution in [1.29, 1.82) is 0 Å². The summed E-state index contributed by atoms with van der Waals surface area (Å²) in [5, 5.41) is 0. The van der Waals surface area contributed by atoms with Crippen LogP contribution < -0.4 is 9.47 Å². The van der Waals surface area contributed by atoms with Crippen LogP contribution in [0.3, 0.4) is 0 Å². The van der Waals surface area contributed by atoms with Crippen LogP contribution in [-0.2, 0) is 41.9 Å². The van der Waals surface area contributed by atoms with Crippen molar-refractivity contribution in [2.24, 2.45) is 0 Å². The third-order valence-electron chi connectivity index (χ3n) is 9.32. The highest BCUT2D eigenvalue weighted by Crippen LogP contribution is 2.67. The van der Waals surface area contributed by atoms with Crippen LogP contribution in [0.15, 0.2) is 42.5 Å². The lowest BCUT2D eigenvalue weighted by Crippen LogP contribution is -2.78. The third kappa shape index (κ3) is 3.75. The number of hydrogen-bond acceptors (Lipinski definition) is 8. The minimum atomic E-state index is -3.71. The van der Waals surface area contributed by atoms with Gasteiger partial charge in [0, 0.05) is 26.5 Å². The highest BCUT2D eigenvalue weighted by Gasteiger charge is 2.75. The molecule has 0 aromatic heterocycles. The number of piperidine rings is 1. The molecule has 6 rings (SSSR count). The first-order valence-corrected chi connectivity index (χ1v) is 15.0. The Bertz CT molecular complexity index is 1450. The van der Waals surface area contributed by atoms with E-state index in [4.69, 9.17) is 14.2 Å². The number of esters is 2. The Morgan fingerprint density at radius 1 is 1.10 bits per heavy atom. The Balaban J connectivity index is 1.51. The van der Waals surface area contributed by atoms with Gasteiger partial charge in [-0.05, 0) is 56.5 Å². The number of ether oxygens (including phenoxy) is 3. The molecule has 1 saturated carbocycles. The lowest BCUT2D eigenvalue weighted by molar-refractivity contribution is -0.218. The first-order valence-electron chi connectivity index (χ1n) is 13.4. The molecule has 1 spiro atoms. The molecule has 2 fully saturated rings. The van der Waals surface area contributed by atoms with Crippen molar-refractivity contribution < 1.29 is 32.2 Å². The zero-order valence-electron chi connectivity index (χ0n) is 22.7. The highest BCUT2D eigenvalue weighted by atomic mass is 32.2. The molecule has 39 heavy (non-hydrogen) atoms. The number of carbonyl (C=O) groups excluding carboxylic acids is 2. The van der Waals surface area contributed by atoms with Gasteiger partial charge in [0.1, 0.15) is 11.7 Å². The summed E-state index contributed by atoms with van der Waals surface area (Å²) in [6, 6.07) is 12.2. The summed E-state index contributed by atoms with van der Waals surface area (Å²) < 4.78 is 47.6. The lowest BCUT2D eigenvalue weighted by atomic mass is 9.48. The van der Waals surface area contributed by atoms with E-state index in [0.29, 0.717) is 42.7 Å². The molecule has 1 saturated heterocycles. The van der Waals surface area contributed by atoms with Gasteiger partial charge in [0.2, 0.25) is 10.0 Å². The third-order valence-corrected chi connectivity index (χ3v) is 11.2. The fourth-order valence-electron chi connectivity index (χ4n) is 7.85. The second kappa shape index (κ2) is 9.04. The molecule has 0 N–H and O–H groups in total. The van der Waals surface area contributed by atoms with Crippen molar-refractivity contribution in [3.8, 4) is 11.5 Å². The number of hydrogen-bond donors (Lipinski definition) is 0. The Morgan fingerprint density at radius 2 is 1.85 bits per heavy atom. The quantitative estimate of drug-likeness (QED) is 0.397. The normalized spacial score (nSPS) is 30.8. The SMILES string of the molecule is CC(=O)Oc1ccc2c3c1OC1C(N(C)S(=O)(=O)Cc4ccccc4)CC[C@@]4(OC(C)=O)[C@@H](C2)N(C)CC[C@]314. The average molecular weight is 555 g/mol. The van der Waals surface area contributed by atoms with Gasteiger partial charge in [-0.15, -0.1) is 0 Å². The molecule has 208 valence electrons. The average Bonchev–Trinajstić information content (AvgIpc) is 3.22. The summed E-state index contributed by atoms with van der Waals surface area (Å²) in [6.07, 6.45) is 1.60. The van der Waals surface area contributed by atoms with E-state index in [0.717, 1.165) is 17.7 Å². The van der Waals surface area contributed by atoms with Crippen molar-refractivity contribution in [2.45, 2.75) is 74.5 Å². The molecular weight excluding hydrogens is 520 g/mol. The van der Waals surface area contributed by atoms with Crippen LogP contribution in [-0.4, -0.2) is 74.0 Å². The molecule has 5 atom stereocenters. The van der Waals surface area contributed by atoms with Gasteiger partial charge in [0.05, 0.1) is 23.3 Å². The predicted octanol–water partition coefficient (Wildman–Crippen LogP) is 2.80. The van der Waals surface area contributed by atoms with Crippen molar-refractivity contribution in [1.82, 2.24) is 9.21 Å². The molecule has 2 heterocycles. The minimum absolute atomic E-state index is 0.0912. The maximum absolute atomic E-state index is 13.7. The number of benzene rings is 2. The van der Waals surface area contributed by atoms with Gasteiger partial charge in [-0.1, -0.05) is 36.4 Å². The van der Waals surface area contributed by atoms with Crippen LogP contribution in [0.4, 0.5) is 0 Å². The molecule has 2 aromatic rings. The van der Waals surface area contributed by atoms with E-state index in [9.17, 15) is 18.0 Å². The molecule has 2 unspecified atom stereocenters. The summed E-state index contributed by atoms with van der Waals surface area (Å²) in [7, 11) is -0.0422. The molecule has 0 radical (unpaired) electrons. The van der Waals surface area contributed by atoms with E-state index in [1.165, 1.54) is 18.2 Å². The Kier molecular flexibility index (Phi) is 6.09. The Morgan fingerprint density at radius 3 is 2.54 bits per heavy atom. The first kappa shape index (κ1) is 26.3. The minimum Gasteiger partial charge on any atom is -0.483 e. The smallest absolute Gasteiger partial charge is 0.308 e. The van der Waals surface area contributed by atoms with Gasteiger partial charge in [-0.25, -0.2) is 8.42 Å². The van der Waals surface area contributed by atoms with Crippen LogP contribution in [0.1, 0.15) is 49.8 Å². The zero-order chi connectivity index (χ0) is 27.7. The molecule has 10 heteroatoms. The van der Waals surface area contributed by atoms with Crippen molar-refractivity contribution in [2.75, 3.05) is 20.6 Å². The Hall–Kier alpha value is -2.95. The highest BCUT2D eigenvalue weighted by molar-refractivity contribution is 7.88. The topological polar surface area (TPSA) is 102 Å². The van der Waals surface area contributed by atoms with E-state index in [1.54, 1.807) is 25.2 Å². The maximum Gasteiger partial charge on any atom is 0.308 e. The zero-order valence-corrected chi connectivity index (χ0v) is 23.5. The number of sulfonamides is 1. The summed E-state index contributed by atoms with van der Waals surface area (Å²) >= 11 is 0. The van der Waals surface area contributed by atoms with Crippen LogP contribution in [0.2, 0.25) is 0 Å². The summed E-state index contributed by atoms with van der Waals surface area (Å²) in [5.74, 6) is -0.187. The first-order chi connectivity index (χ1) is 18.5. The fraction of sp³-hybridized carbons (Fsp3) is 0.517. The molecular formula is C29H34N2O7S. The van der Waals surface area contributed by atoms with E-state index < -0.39 is 39.2 Å². The van der Waals surface area contributed by atoms with E-state index in [-0.39, 0.29) is 17.8 Å². The van der Waals surface area contributed by atoms with Gasteiger partial charge >= 0.3 is 11.9 Å². The van der Waals surface area contributed by atoms with E-state index in [1.807, 2.05) is 24.3 Å². The van der Waals surface area contributed by atoms with E-state index in [2.05, 4.69) is 11.9 Å². The molecule has 0 amide bonds. The van der Waals surface area contributed by atoms with Crippen LogP contribution in [0.25, 0.3) is 0 Å². The second-order valence-corrected chi connectivity index (χ2v) is 13.4. The summed E-state index contributed by atoms with van der Waals surface area (Å²) in [6.45, 7) is 3.51. The van der Waals surface area contributed by atoms with Crippen LogP contribution in [0.5, 0.6) is 11.5 Å². The van der Waals surface area contributed by atoms with Crippen molar-refractivity contribution >= 4 is 22.0 Å². The Labute approximate surface area is 229 Å². The van der Waals surface area contributed by atoms with Crippen LogP contribution in [0, 0.1) is 0 Å². The van der Waals surface area contributed by atoms with Crippen molar-refractivity contribution in [3.63, 3.8) is 0 Å². The standard InChI is InChI=1S/C29H34N2O7S/c1-18(32)36-23-11-10-21-16-24-29(38-19(2)33)13-12-22(31(4)39(34,35)17-20-8-6-5-7-9-20)27-28(29,14-15-30(24)3)25(21)26(23)37-27/h5-11,22,24,27H,12-17H2,1-4H3/t22?,24-,27?,28+,29-/m1/s1. The van der Waals surface area contributed by atoms with Gasteiger partial charge in [0.15, 0.2) is 11.5 Å². The monoisotopic (exact) mass is 554 g/mol. The number of nitrogens with zero attached hydrogens (tertiary/aromatic N) is 2. The van der Waals surface area contributed by atoms with Crippen molar-refractivity contribution in [3.05, 3.63) is 59.2 Å². The number of carbonyl (C=O) groups is 2. The molecule has 2 aliphatic heterocycles. The fourth-order valence-corrected chi connectivity index (χ4v) is 9.30. The van der Waals surface area contributed by atoms with Gasteiger partial charge in [-0.2, -0.15) is 4.31 Å². The largest absolute Gasteiger partial charge is 0.483 e. The van der Waals surface area contributed by atoms with E-state index >= 15 is 0 Å². The lowest BCUT2D eigenvalue weighted by Gasteiger charge is -2.65. The van der Waals surface area contributed by atoms with Gasteiger partial charge in [-0.3, -0.25) is 14.5 Å². The number of likely N-dealkylation sites (tertiary alicyclic amines) is 1. The summed E-state index contributed by atoms with van der Waals surface area (Å²) in [5.41, 5.74) is 0.978. The molecule has 4 aliphatic rings. The maximum atomic E-state index is 13.7. The number of likely N-dealkylation sites (N-methyl/N-ethyl adjacent to an activating group) is 2. The summed E-state index contributed by atoms with van der Waals surface area (Å²) in [4.78, 5) is 26.9. The predicted molar refractivity (Wildman–Crippen MR) is 143 cm³/mol.